The minimum atomic E-state index is -2.14. The van der Waals surface area contributed by atoms with Crippen molar-refractivity contribution in [3.63, 3.8) is 0 Å². The smallest absolute Gasteiger partial charge is 0.200 e. The first-order chi connectivity index (χ1) is 9.86. The van der Waals surface area contributed by atoms with Crippen molar-refractivity contribution < 1.29 is 22.0 Å². The summed E-state index contributed by atoms with van der Waals surface area (Å²) in [6.45, 7) is 4.50. The SMILES string of the molecule is CCCCN1C=CN(C)C1.Fc1cc(F)c(F)c(F)c1F. The highest BCUT2D eigenvalue weighted by molar-refractivity contribution is 5.12. The summed E-state index contributed by atoms with van der Waals surface area (Å²) in [5.74, 6) is -9.65. The first kappa shape index (κ1) is 17.3. The third kappa shape index (κ3) is 4.91. The van der Waals surface area contributed by atoms with E-state index in [9.17, 15) is 22.0 Å². The van der Waals surface area contributed by atoms with Gasteiger partial charge in [0, 0.05) is 32.1 Å². The van der Waals surface area contributed by atoms with Gasteiger partial charge in [-0.15, -0.1) is 0 Å². The van der Waals surface area contributed by atoms with E-state index in [0.717, 1.165) is 6.67 Å². The van der Waals surface area contributed by atoms with Crippen LogP contribution in [0.1, 0.15) is 19.8 Å². The second kappa shape index (κ2) is 7.85. The highest BCUT2D eigenvalue weighted by atomic mass is 19.2. The second-order valence-electron chi connectivity index (χ2n) is 4.64. The Morgan fingerprint density at radius 3 is 1.95 bits per heavy atom. The van der Waals surface area contributed by atoms with E-state index in [1.807, 2.05) is 0 Å². The quantitative estimate of drug-likeness (QED) is 0.475. The molecule has 0 atom stereocenters. The maximum Gasteiger partial charge on any atom is 0.200 e. The van der Waals surface area contributed by atoms with Gasteiger partial charge >= 0.3 is 0 Å². The normalized spacial score (nSPS) is 13.5. The highest BCUT2D eigenvalue weighted by Gasteiger charge is 2.18. The Morgan fingerprint density at radius 1 is 0.952 bits per heavy atom. The van der Waals surface area contributed by atoms with Crippen molar-refractivity contribution >= 4 is 0 Å². The summed E-state index contributed by atoms with van der Waals surface area (Å²) in [6.07, 6.45) is 6.87. The van der Waals surface area contributed by atoms with E-state index in [4.69, 9.17) is 0 Å². The van der Waals surface area contributed by atoms with Gasteiger partial charge in [0.25, 0.3) is 0 Å². The van der Waals surface area contributed by atoms with Gasteiger partial charge in [-0.05, 0) is 6.42 Å². The number of rotatable bonds is 3. The predicted octanol–water partition coefficient (Wildman–Crippen LogP) is 3.84. The van der Waals surface area contributed by atoms with E-state index >= 15 is 0 Å². The van der Waals surface area contributed by atoms with Gasteiger partial charge in [-0.1, -0.05) is 13.3 Å². The zero-order valence-electron chi connectivity index (χ0n) is 11.8. The standard InChI is InChI=1S/C8H16N2.C6HF5/c1-3-4-5-10-7-6-9(2)8-10;7-2-1-3(8)5(10)6(11)4(2)9/h6-7H,3-5,8H2,1-2H3;1H. The first-order valence-electron chi connectivity index (χ1n) is 6.47. The molecule has 21 heavy (non-hydrogen) atoms. The number of nitrogens with zero attached hydrogens (tertiary/aromatic N) is 2. The fourth-order valence-electron chi connectivity index (χ4n) is 1.64. The fraction of sp³-hybridized carbons (Fsp3) is 0.429. The Labute approximate surface area is 120 Å². The minimum absolute atomic E-state index is 0.0618. The molecule has 1 aromatic rings. The molecule has 1 aromatic carbocycles. The lowest BCUT2D eigenvalue weighted by atomic mass is 10.3. The molecule has 1 aliphatic rings. The summed E-state index contributed by atoms with van der Waals surface area (Å²) >= 11 is 0. The molecule has 0 fully saturated rings. The van der Waals surface area contributed by atoms with Gasteiger partial charge < -0.3 is 9.80 Å². The van der Waals surface area contributed by atoms with Crippen LogP contribution >= 0.6 is 0 Å². The Kier molecular flexibility index (Phi) is 6.45. The monoisotopic (exact) mass is 308 g/mol. The molecule has 0 saturated carbocycles. The summed E-state index contributed by atoms with van der Waals surface area (Å²) in [5, 5.41) is 0. The third-order valence-corrected chi connectivity index (χ3v) is 2.79. The van der Waals surface area contributed by atoms with E-state index in [-0.39, 0.29) is 6.07 Å². The van der Waals surface area contributed by atoms with Gasteiger partial charge in [0.1, 0.15) is 0 Å². The largest absolute Gasteiger partial charge is 0.362 e. The summed E-state index contributed by atoms with van der Waals surface area (Å²) < 4.78 is 60.0. The topological polar surface area (TPSA) is 6.48 Å². The average Bonchev–Trinajstić information content (AvgIpc) is 2.87. The zero-order chi connectivity index (χ0) is 16.0. The van der Waals surface area contributed by atoms with Gasteiger partial charge in [-0.3, -0.25) is 0 Å². The van der Waals surface area contributed by atoms with E-state index < -0.39 is 29.1 Å². The van der Waals surface area contributed by atoms with Crippen molar-refractivity contribution in [3.8, 4) is 0 Å². The minimum Gasteiger partial charge on any atom is -0.362 e. The van der Waals surface area contributed by atoms with Crippen LogP contribution in [0.3, 0.4) is 0 Å². The van der Waals surface area contributed by atoms with Crippen molar-refractivity contribution in [1.82, 2.24) is 9.80 Å². The van der Waals surface area contributed by atoms with Crippen LogP contribution in [0, 0.1) is 29.1 Å². The number of halogens is 5. The molecule has 1 heterocycles. The molecule has 0 bridgehead atoms. The summed E-state index contributed by atoms with van der Waals surface area (Å²) in [4.78, 5) is 4.53. The first-order valence-corrected chi connectivity index (χ1v) is 6.47. The van der Waals surface area contributed by atoms with Crippen LogP contribution in [-0.2, 0) is 0 Å². The second-order valence-corrected chi connectivity index (χ2v) is 4.64. The van der Waals surface area contributed by atoms with Gasteiger partial charge in [0.05, 0.1) is 6.67 Å². The van der Waals surface area contributed by atoms with Crippen LogP contribution in [0.2, 0.25) is 0 Å². The Balaban J connectivity index is 0.000000211. The molecular formula is C14H17F5N2. The molecule has 2 rings (SSSR count). The molecule has 7 heteroatoms. The van der Waals surface area contributed by atoms with Crippen LogP contribution in [0.5, 0.6) is 0 Å². The lowest BCUT2D eigenvalue weighted by Gasteiger charge is -2.17. The van der Waals surface area contributed by atoms with Crippen molar-refractivity contribution in [3.05, 3.63) is 47.6 Å². The summed E-state index contributed by atoms with van der Waals surface area (Å²) in [7, 11) is 2.10. The molecule has 1 aliphatic heterocycles. The maximum absolute atomic E-state index is 12.0. The van der Waals surface area contributed by atoms with E-state index in [0.29, 0.717) is 0 Å². The number of hydrogen-bond donors (Lipinski definition) is 0. The van der Waals surface area contributed by atoms with Gasteiger partial charge in [0.15, 0.2) is 23.3 Å². The molecule has 0 unspecified atom stereocenters. The zero-order valence-corrected chi connectivity index (χ0v) is 11.8. The van der Waals surface area contributed by atoms with Crippen molar-refractivity contribution in [2.45, 2.75) is 19.8 Å². The highest BCUT2D eigenvalue weighted by Crippen LogP contribution is 2.16. The average molecular weight is 308 g/mol. The Bertz CT molecular complexity index is 478. The molecule has 0 amide bonds. The van der Waals surface area contributed by atoms with Crippen molar-refractivity contribution in [2.24, 2.45) is 0 Å². The Hall–Kier alpha value is -1.79. The van der Waals surface area contributed by atoms with Crippen molar-refractivity contribution in [2.75, 3.05) is 20.3 Å². The molecular weight excluding hydrogens is 291 g/mol. The lowest BCUT2D eigenvalue weighted by Crippen LogP contribution is -2.23. The summed E-state index contributed by atoms with van der Waals surface area (Å²) in [6, 6.07) is -0.0618. The van der Waals surface area contributed by atoms with E-state index in [2.05, 4.69) is 36.2 Å². The predicted molar refractivity (Wildman–Crippen MR) is 69.6 cm³/mol. The van der Waals surface area contributed by atoms with E-state index in [1.165, 1.54) is 19.4 Å². The molecule has 0 aromatic heterocycles. The van der Waals surface area contributed by atoms with E-state index in [1.54, 1.807) is 0 Å². The molecule has 0 saturated heterocycles. The van der Waals surface area contributed by atoms with Gasteiger partial charge in [0.2, 0.25) is 5.82 Å². The van der Waals surface area contributed by atoms with Crippen LogP contribution in [0.4, 0.5) is 22.0 Å². The molecule has 0 radical (unpaired) electrons. The number of hydrogen-bond acceptors (Lipinski definition) is 2. The van der Waals surface area contributed by atoms with Gasteiger partial charge in [-0.2, -0.15) is 0 Å². The number of unbranched alkanes of at least 4 members (excludes halogenated alkanes) is 1. The van der Waals surface area contributed by atoms with Crippen LogP contribution in [0.25, 0.3) is 0 Å². The third-order valence-electron chi connectivity index (χ3n) is 2.79. The molecule has 0 N–H and O–H groups in total. The van der Waals surface area contributed by atoms with Gasteiger partial charge in [-0.25, -0.2) is 22.0 Å². The molecule has 0 aliphatic carbocycles. The van der Waals surface area contributed by atoms with Crippen molar-refractivity contribution in [1.29, 1.82) is 0 Å². The fourth-order valence-corrected chi connectivity index (χ4v) is 1.64. The molecule has 2 nitrogen and oxygen atoms in total. The summed E-state index contributed by atoms with van der Waals surface area (Å²) in [5.41, 5.74) is 0. The van der Waals surface area contributed by atoms with Crippen LogP contribution in [-0.4, -0.2) is 30.1 Å². The van der Waals surface area contributed by atoms with Crippen LogP contribution in [0.15, 0.2) is 18.5 Å². The molecule has 0 spiro atoms. The Morgan fingerprint density at radius 2 is 1.52 bits per heavy atom. The lowest BCUT2D eigenvalue weighted by molar-refractivity contribution is 0.293. The maximum atomic E-state index is 12.0. The number of benzene rings is 1. The molecule has 118 valence electrons. The van der Waals surface area contributed by atoms with Crippen LogP contribution < -0.4 is 0 Å².